The number of halogens is 1. The van der Waals surface area contributed by atoms with Gasteiger partial charge >= 0.3 is 5.97 Å². The van der Waals surface area contributed by atoms with Crippen molar-refractivity contribution in [2.45, 2.75) is 13.8 Å². The molecule has 0 bridgehead atoms. The molecule has 0 radical (unpaired) electrons. The minimum absolute atomic E-state index is 0.308. The number of hydrogen-bond donors (Lipinski definition) is 1. The van der Waals surface area contributed by atoms with Crippen LogP contribution in [0, 0.1) is 6.92 Å². The first kappa shape index (κ1) is 13.5. The number of nitrogens with zero attached hydrogens (tertiary/aromatic N) is 4. The molecule has 0 aliphatic rings. The summed E-state index contributed by atoms with van der Waals surface area (Å²) in [5.41, 5.74) is 6.48. The average Bonchev–Trinajstić information content (AvgIpc) is 2.69. The summed E-state index contributed by atoms with van der Waals surface area (Å²) >= 11 is 3.25. The third kappa shape index (κ3) is 2.73. The van der Waals surface area contributed by atoms with Crippen molar-refractivity contribution >= 4 is 27.7 Å². The fraction of sp³-hybridized carbons (Fsp3) is 0.273. The second-order valence-electron chi connectivity index (χ2n) is 3.70. The molecule has 0 saturated carbocycles. The summed E-state index contributed by atoms with van der Waals surface area (Å²) in [6.07, 6.45) is 3.07. The number of anilines is 1. The lowest BCUT2D eigenvalue weighted by atomic mass is 10.2. The fourth-order valence-corrected chi connectivity index (χ4v) is 1.72. The number of nitrogen functional groups attached to an aromatic ring is 1. The number of carbonyl (C=O) groups is 1. The number of rotatable bonds is 3. The average molecular weight is 326 g/mol. The molecule has 0 atom stereocenters. The maximum atomic E-state index is 11.6. The molecule has 7 nitrogen and oxygen atoms in total. The largest absolute Gasteiger partial charge is 0.462 e. The molecule has 2 heterocycles. The maximum absolute atomic E-state index is 11.6. The zero-order chi connectivity index (χ0) is 14.0. The van der Waals surface area contributed by atoms with E-state index in [1.165, 1.54) is 10.9 Å². The summed E-state index contributed by atoms with van der Waals surface area (Å²) in [5, 5.41) is 4.04. The van der Waals surface area contributed by atoms with Gasteiger partial charge in [0.15, 0.2) is 5.82 Å². The van der Waals surface area contributed by atoms with E-state index in [-0.39, 0.29) is 0 Å². The molecule has 19 heavy (non-hydrogen) atoms. The molecule has 0 spiro atoms. The minimum atomic E-state index is -0.437. The molecular formula is C11H12BrN5O2. The van der Waals surface area contributed by atoms with Gasteiger partial charge in [0.05, 0.1) is 28.5 Å². The second-order valence-corrected chi connectivity index (χ2v) is 4.55. The Labute approximate surface area is 117 Å². The third-order valence-electron chi connectivity index (χ3n) is 2.36. The van der Waals surface area contributed by atoms with E-state index in [2.05, 4.69) is 31.0 Å². The van der Waals surface area contributed by atoms with Gasteiger partial charge < -0.3 is 10.5 Å². The predicted molar refractivity (Wildman–Crippen MR) is 72.0 cm³/mol. The lowest BCUT2D eigenvalue weighted by Gasteiger charge is -2.06. The molecule has 0 unspecified atom stereocenters. The maximum Gasteiger partial charge on any atom is 0.341 e. The normalized spacial score (nSPS) is 10.5. The van der Waals surface area contributed by atoms with Gasteiger partial charge in [0.2, 0.25) is 0 Å². The monoisotopic (exact) mass is 325 g/mol. The Balaban J connectivity index is 2.36. The van der Waals surface area contributed by atoms with Crippen molar-refractivity contribution in [1.82, 2.24) is 19.7 Å². The fourth-order valence-electron chi connectivity index (χ4n) is 1.44. The number of ether oxygens (including phenoxy) is 1. The Hall–Kier alpha value is -1.96. The van der Waals surface area contributed by atoms with Crippen LogP contribution in [0.15, 0.2) is 16.9 Å². The highest BCUT2D eigenvalue weighted by Crippen LogP contribution is 2.18. The van der Waals surface area contributed by atoms with Crippen molar-refractivity contribution in [2.75, 3.05) is 12.3 Å². The summed E-state index contributed by atoms with van der Waals surface area (Å²) in [5.74, 6) is 0.242. The lowest BCUT2D eigenvalue weighted by Crippen LogP contribution is -2.11. The molecular weight excluding hydrogens is 314 g/mol. The predicted octanol–water partition coefficient (Wildman–Crippen LogP) is 1.49. The Morgan fingerprint density at radius 1 is 1.58 bits per heavy atom. The number of nitrogens with two attached hydrogens (primary N) is 1. The van der Waals surface area contributed by atoms with Crippen molar-refractivity contribution in [1.29, 1.82) is 0 Å². The molecule has 2 aromatic heterocycles. The molecule has 0 saturated heterocycles. The van der Waals surface area contributed by atoms with Crippen LogP contribution in [0.3, 0.4) is 0 Å². The van der Waals surface area contributed by atoms with Gasteiger partial charge in [-0.1, -0.05) is 0 Å². The molecule has 100 valence electrons. The number of carbonyl (C=O) groups excluding carboxylic acids is 1. The van der Waals surface area contributed by atoms with Gasteiger partial charge in [0.25, 0.3) is 5.95 Å². The number of hydrogen-bond acceptors (Lipinski definition) is 6. The molecule has 2 aromatic rings. The van der Waals surface area contributed by atoms with Gasteiger partial charge in [0.1, 0.15) is 0 Å². The van der Waals surface area contributed by atoms with Gasteiger partial charge in [-0.25, -0.2) is 19.4 Å². The van der Waals surface area contributed by atoms with E-state index < -0.39 is 5.97 Å². The Morgan fingerprint density at radius 2 is 2.32 bits per heavy atom. The van der Waals surface area contributed by atoms with Gasteiger partial charge in [0, 0.05) is 6.20 Å². The van der Waals surface area contributed by atoms with Crippen molar-refractivity contribution in [3.63, 3.8) is 0 Å². The second kappa shape index (κ2) is 5.35. The van der Waals surface area contributed by atoms with E-state index in [9.17, 15) is 4.79 Å². The SMILES string of the molecule is CCOC(=O)c1cnc(-n2cc(Br)c(N)n2)nc1C. The summed E-state index contributed by atoms with van der Waals surface area (Å²) in [4.78, 5) is 19.9. The Morgan fingerprint density at radius 3 is 2.84 bits per heavy atom. The summed E-state index contributed by atoms with van der Waals surface area (Å²) < 4.78 is 7.00. The van der Waals surface area contributed by atoms with Gasteiger partial charge in [-0.2, -0.15) is 0 Å². The highest BCUT2D eigenvalue weighted by molar-refractivity contribution is 9.10. The molecule has 2 rings (SSSR count). The summed E-state index contributed by atoms with van der Waals surface area (Å²) in [6, 6.07) is 0. The quantitative estimate of drug-likeness (QED) is 0.859. The first-order valence-electron chi connectivity index (χ1n) is 5.54. The number of aryl methyl sites for hydroxylation is 1. The molecule has 8 heteroatoms. The van der Waals surface area contributed by atoms with Gasteiger partial charge in [-0.15, -0.1) is 5.10 Å². The highest BCUT2D eigenvalue weighted by atomic mass is 79.9. The standard InChI is InChI=1S/C11H12BrN5O2/c1-3-19-10(18)7-4-14-11(15-6(7)2)17-5-8(12)9(13)16-17/h4-5H,3H2,1-2H3,(H2,13,16). The Kier molecular flexibility index (Phi) is 3.79. The highest BCUT2D eigenvalue weighted by Gasteiger charge is 2.14. The van der Waals surface area contributed by atoms with Crippen molar-refractivity contribution in [3.8, 4) is 5.95 Å². The Bertz CT molecular complexity index is 606. The first-order valence-corrected chi connectivity index (χ1v) is 6.34. The van der Waals surface area contributed by atoms with E-state index in [4.69, 9.17) is 10.5 Å². The van der Waals surface area contributed by atoms with E-state index in [0.29, 0.717) is 34.1 Å². The molecule has 0 aliphatic carbocycles. The summed E-state index contributed by atoms with van der Waals surface area (Å²) in [7, 11) is 0. The molecule has 2 N–H and O–H groups in total. The molecule has 0 fully saturated rings. The summed E-state index contributed by atoms with van der Waals surface area (Å²) in [6.45, 7) is 3.76. The minimum Gasteiger partial charge on any atom is -0.462 e. The van der Waals surface area contributed by atoms with E-state index in [0.717, 1.165) is 0 Å². The lowest BCUT2D eigenvalue weighted by molar-refractivity contribution is 0.0524. The third-order valence-corrected chi connectivity index (χ3v) is 2.97. The van der Waals surface area contributed by atoms with Crippen molar-refractivity contribution in [2.24, 2.45) is 0 Å². The smallest absolute Gasteiger partial charge is 0.341 e. The van der Waals surface area contributed by atoms with Gasteiger partial charge in [-0.05, 0) is 29.8 Å². The van der Waals surface area contributed by atoms with Crippen LogP contribution in [-0.2, 0) is 4.74 Å². The zero-order valence-corrected chi connectivity index (χ0v) is 12.0. The van der Waals surface area contributed by atoms with Crippen LogP contribution < -0.4 is 5.73 Å². The van der Waals surface area contributed by atoms with Crippen LogP contribution in [0.4, 0.5) is 5.82 Å². The van der Waals surface area contributed by atoms with Crippen molar-refractivity contribution < 1.29 is 9.53 Å². The van der Waals surface area contributed by atoms with E-state index in [1.807, 2.05) is 0 Å². The first-order chi connectivity index (χ1) is 9.02. The number of aromatic nitrogens is 4. The van der Waals surface area contributed by atoms with Gasteiger partial charge in [-0.3, -0.25) is 0 Å². The molecule has 0 aromatic carbocycles. The van der Waals surface area contributed by atoms with Crippen LogP contribution in [0.2, 0.25) is 0 Å². The molecule has 0 amide bonds. The zero-order valence-electron chi connectivity index (χ0n) is 10.4. The van der Waals surface area contributed by atoms with Crippen LogP contribution in [-0.4, -0.2) is 32.3 Å². The molecule has 0 aliphatic heterocycles. The van der Waals surface area contributed by atoms with E-state index >= 15 is 0 Å². The van der Waals surface area contributed by atoms with E-state index in [1.54, 1.807) is 20.0 Å². The van der Waals surface area contributed by atoms with Crippen LogP contribution in [0.25, 0.3) is 5.95 Å². The van der Waals surface area contributed by atoms with Crippen LogP contribution in [0.5, 0.6) is 0 Å². The topological polar surface area (TPSA) is 95.9 Å². The van der Waals surface area contributed by atoms with Crippen molar-refractivity contribution in [3.05, 3.63) is 28.1 Å². The van der Waals surface area contributed by atoms with Crippen LogP contribution >= 0.6 is 15.9 Å². The number of esters is 1. The van der Waals surface area contributed by atoms with Crippen LogP contribution in [0.1, 0.15) is 23.0 Å².